The lowest BCUT2D eigenvalue weighted by Gasteiger charge is -2.32. The molecule has 2 N–H and O–H groups in total. The molecule has 2 rings (SSSR count). The molecular weight excluding hydrogens is 196 g/mol. The zero-order valence-corrected chi connectivity index (χ0v) is 9.73. The summed E-state index contributed by atoms with van der Waals surface area (Å²) in [7, 11) is 0. The van der Waals surface area contributed by atoms with Crippen molar-refractivity contribution in [3.8, 4) is 0 Å². The number of piperidine rings is 1. The van der Waals surface area contributed by atoms with Crippen LogP contribution in [-0.4, -0.2) is 24.5 Å². The Morgan fingerprint density at radius 2 is 2.12 bits per heavy atom. The van der Waals surface area contributed by atoms with Crippen molar-refractivity contribution in [1.82, 2.24) is 4.90 Å². The van der Waals surface area contributed by atoms with E-state index in [1.807, 2.05) is 18.2 Å². The van der Waals surface area contributed by atoms with Crippen molar-refractivity contribution < 1.29 is 0 Å². The summed E-state index contributed by atoms with van der Waals surface area (Å²) in [6.07, 6.45) is 4.56. The van der Waals surface area contributed by atoms with Crippen LogP contribution in [-0.2, 0) is 0 Å². The molecule has 1 aliphatic heterocycles. The number of hydrogen-bond acceptors (Lipinski definition) is 2. The van der Waals surface area contributed by atoms with E-state index in [-0.39, 0.29) is 0 Å². The summed E-state index contributed by atoms with van der Waals surface area (Å²) in [6.45, 7) is 7.17. The van der Waals surface area contributed by atoms with E-state index in [0.29, 0.717) is 5.92 Å². The van der Waals surface area contributed by atoms with E-state index in [9.17, 15) is 0 Å². The van der Waals surface area contributed by atoms with Gasteiger partial charge >= 0.3 is 0 Å². The number of anilines is 1. The standard InChI is InChI=1S/C14H20N2/c1-2-9-16-10-3-4-13(11-16)12-5-7-14(15)8-6-12/h2,5-8,13H,1,3-4,9-11,15H2. The van der Waals surface area contributed by atoms with Crippen molar-refractivity contribution in [3.05, 3.63) is 42.5 Å². The second-order valence-electron chi connectivity index (χ2n) is 4.55. The molecule has 0 aliphatic carbocycles. The van der Waals surface area contributed by atoms with Crippen molar-refractivity contribution >= 4 is 5.69 Å². The fourth-order valence-corrected chi connectivity index (χ4v) is 2.44. The molecule has 2 nitrogen and oxygen atoms in total. The van der Waals surface area contributed by atoms with Gasteiger partial charge in [-0.3, -0.25) is 4.90 Å². The molecule has 1 atom stereocenters. The molecule has 86 valence electrons. The molecule has 0 radical (unpaired) electrons. The molecule has 0 spiro atoms. The second-order valence-corrected chi connectivity index (χ2v) is 4.55. The van der Waals surface area contributed by atoms with Crippen LogP contribution in [0.3, 0.4) is 0 Å². The van der Waals surface area contributed by atoms with E-state index in [1.165, 1.54) is 24.9 Å². The largest absolute Gasteiger partial charge is 0.399 e. The Morgan fingerprint density at radius 1 is 1.38 bits per heavy atom. The Labute approximate surface area is 97.8 Å². The Kier molecular flexibility index (Phi) is 3.62. The number of rotatable bonds is 3. The maximum Gasteiger partial charge on any atom is 0.0314 e. The Bertz CT molecular complexity index is 342. The first kappa shape index (κ1) is 11.2. The number of nitrogen functional groups attached to an aromatic ring is 1. The monoisotopic (exact) mass is 216 g/mol. The summed E-state index contributed by atoms with van der Waals surface area (Å²) in [5.74, 6) is 0.661. The minimum absolute atomic E-state index is 0.661. The predicted molar refractivity (Wildman–Crippen MR) is 69.5 cm³/mol. The van der Waals surface area contributed by atoms with Crippen LogP contribution in [0.15, 0.2) is 36.9 Å². The van der Waals surface area contributed by atoms with Crippen LogP contribution in [0.2, 0.25) is 0 Å². The van der Waals surface area contributed by atoms with Crippen LogP contribution in [0, 0.1) is 0 Å². The van der Waals surface area contributed by atoms with Crippen LogP contribution in [0.5, 0.6) is 0 Å². The molecule has 1 unspecified atom stereocenters. The quantitative estimate of drug-likeness (QED) is 0.621. The average molecular weight is 216 g/mol. The van der Waals surface area contributed by atoms with Crippen LogP contribution in [0.1, 0.15) is 24.3 Å². The fourth-order valence-electron chi connectivity index (χ4n) is 2.44. The lowest BCUT2D eigenvalue weighted by Crippen LogP contribution is -2.34. The minimum atomic E-state index is 0.661. The molecule has 0 saturated carbocycles. The van der Waals surface area contributed by atoms with Crippen molar-refractivity contribution in [2.75, 3.05) is 25.4 Å². The number of nitrogens with zero attached hydrogens (tertiary/aromatic N) is 1. The van der Waals surface area contributed by atoms with E-state index in [2.05, 4.69) is 23.6 Å². The van der Waals surface area contributed by atoms with Gasteiger partial charge in [0.1, 0.15) is 0 Å². The molecule has 0 bridgehead atoms. The number of likely N-dealkylation sites (tertiary alicyclic amines) is 1. The SMILES string of the molecule is C=CCN1CCCC(c2ccc(N)cc2)C1. The van der Waals surface area contributed by atoms with Gasteiger partial charge in [0.25, 0.3) is 0 Å². The van der Waals surface area contributed by atoms with Gasteiger partial charge in [0.15, 0.2) is 0 Å². The third-order valence-corrected chi connectivity index (χ3v) is 3.30. The molecule has 1 aromatic carbocycles. The van der Waals surface area contributed by atoms with Gasteiger partial charge in [-0.05, 0) is 43.0 Å². The van der Waals surface area contributed by atoms with Gasteiger partial charge in [-0.2, -0.15) is 0 Å². The maximum absolute atomic E-state index is 5.71. The molecule has 16 heavy (non-hydrogen) atoms. The van der Waals surface area contributed by atoms with E-state index in [1.54, 1.807) is 0 Å². The van der Waals surface area contributed by atoms with E-state index in [0.717, 1.165) is 18.8 Å². The summed E-state index contributed by atoms with van der Waals surface area (Å²) in [5.41, 5.74) is 7.98. The van der Waals surface area contributed by atoms with Gasteiger partial charge in [-0.15, -0.1) is 6.58 Å². The molecule has 0 aromatic heterocycles. The van der Waals surface area contributed by atoms with Crippen LogP contribution < -0.4 is 5.73 Å². The molecule has 1 saturated heterocycles. The maximum atomic E-state index is 5.71. The Hall–Kier alpha value is -1.28. The summed E-state index contributed by atoms with van der Waals surface area (Å²) in [6, 6.07) is 8.33. The van der Waals surface area contributed by atoms with Gasteiger partial charge in [-0.25, -0.2) is 0 Å². The highest BCUT2D eigenvalue weighted by molar-refractivity contribution is 5.40. The average Bonchev–Trinajstić information content (AvgIpc) is 2.31. The first-order valence-corrected chi connectivity index (χ1v) is 5.98. The zero-order valence-electron chi connectivity index (χ0n) is 9.73. The van der Waals surface area contributed by atoms with Gasteiger partial charge in [-0.1, -0.05) is 18.2 Å². The highest BCUT2D eigenvalue weighted by Gasteiger charge is 2.20. The van der Waals surface area contributed by atoms with Gasteiger partial charge in [0, 0.05) is 18.8 Å². The van der Waals surface area contributed by atoms with Crippen LogP contribution >= 0.6 is 0 Å². The minimum Gasteiger partial charge on any atom is -0.399 e. The topological polar surface area (TPSA) is 29.3 Å². The molecule has 1 fully saturated rings. The molecule has 1 aromatic rings. The van der Waals surface area contributed by atoms with Gasteiger partial charge in [0.05, 0.1) is 0 Å². The zero-order chi connectivity index (χ0) is 11.4. The van der Waals surface area contributed by atoms with Crippen molar-refractivity contribution in [1.29, 1.82) is 0 Å². The molecule has 1 aliphatic rings. The fraction of sp³-hybridized carbons (Fsp3) is 0.429. The van der Waals surface area contributed by atoms with Crippen molar-refractivity contribution in [3.63, 3.8) is 0 Å². The van der Waals surface area contributed by atoms with E-state index < -0.39 is 0 Å². The van der Waals surface area contributed by atoms with Crippen molar-refractivity contribution in [2.24, 2.45) is 0 Å². The highest BCUT2D eigenvalue weighted by atomic mass is 15.1. The molecule has 2 heteroatoms. The summed E-state index contributed by atoms with van der Waals surface area (Å²) >= 11 is 0. The Balaban J connectivity index is 2.03. The Morgan fingerprint density at radius 3 is 2.81 bits per heavy atom. The van der Waals surface area contributed by atoms with Crippen LogP contribution in [0.4, 0.5) is 5.69 Å². The van der Waals surface area contributed by atoms with Gasteiger partial charge < -0.3 is 5.73 Å². The second kappa shape index (κ2) is 5.17. The first-order chi connectivity index (χ1) is 7.79. The summed E-state index contributed by atoms with van der Waals surface area (Å²) < 4.78 is 0. The van der Waals surface area contributed by atoms with E-state index in [4.69, 9.17) is 5.73 Å². The number of nitrogens with two attached hydrogens (primary N) is 1. The normalized spacial score (nSPS) is 21.9. The van der Waals surface area contributed by atoms with Gasteiger partial charge in [0.2, 0.25) is 0 Å². The van der Waals surface area contributed by atoms with Crippen LogP contribution in [0.25, 0.3) is 0 Å². The predicted octanol–water partition coefficient (Wildman–Crippen LogP) is 2.63. The number of hydrogen-bond donors (Lipinski definition) is 1. The first-order valence-electron chi connectivity index (χ1n) is 5.98. The molecule has 0 amide bonds. The smallest absolute Gasteiger partial charge is 0.0314 e. The lowest BCUT2D eigenvalue weighted by molar-refractivity contribution is 0.228. The number of benzene rings is 1. The lowest BCUT2D eigenvalue weighted by atomic mass is 9.90. The van der Waals surface area contributed by atoms with Crippen molar-refractivity contribution in [2.45, 2.75) is 18.8 Å². The third kappa shape index (κ3) is 2.64. The molecular formula is C14H20N2. The summed E-state index contributed by atoms with van der Waals surface area (Å²) in [5, 5.41) is 0. The molecule has 1 heterocycles. The van der Waals surface area contributed by atoms with E-state index >= 15 is 0 Å². The highest BCUT2D eigenvalue weighted by Crippen LogP contribution is 2.27. The third-order valence-electron chi connectivity index (χ3n) is 3.30. The summed E-state index contributed by atoms with van der Waals surface area (Å²) in [4.78, 5) is 2.47.